The van der Waals surface area contributed by atoms with Gasteiger partial charge in [0.1, 0.15) is 12.2 Å². The van der Waals surface area contributed by atoms with E-state index in [0.717, 1.165) is 0 Å². The summed E-state index contributed by atoms with van der Waals surface area (Å²) in [6, 6.07) is 0. The Labute approximate surface area is 56.9 Å². The van der Waals surface area contributed by atoms with Crippen LogP contribution in [0.25, 0.3) is 0 Å². The molecule has 0 aromatic heterocycles. The van der Waals surface area contributed by atoms with Crippen LogP contribution in [-0.4, -0.2) is 46.6 Å². The summed E-state index contributed by atoms with van der Waals surface area (Å²) in [5, 5.41) is 26.2. The van der Waals surface area contributed by atoms with Crippen molar-refractivity contribution in [1.29, 1.82) is 0 Å². The first-order valence-electron chi connectivity index (χ1n) is 2.93. The summed E-state index contributed by atoms with van der Waals surface area (Å²) in [5.41, 5.74) is 0. The van der Waals surface area contributed by atoms with Crippen molar-refractivity contribution in [3.63, 3.8) is 0 Å². The van der Waals surface area contributed by atoms with Crippen LogP contribution in [0.4, 0.5) is 4.39 Å². The molecule has 1 aliphatic heterocycles. The van der Waals surface area contributed by atoms with E-state index in [-0.39, 0.29) is 6.61 Å². The normalized spacial score (nSPS) is 49.2. The molecular formula is C5H9FO4. The lowest BCUT2D eigenvalue weighted by Gasteiger charge is -2.30. The number of hydrogen-bond acceptors (Lipinski definition) is 4. The molecule has 0 amide bonds. The molecule has 1 fully saturated rings. The van der Waals surface area contributed by atoms with Crippen molar-refractivity contribution in [2.75, 3.05) is 6.61 Å². The minimum absolute atomic E-state index is 0.376. The molecule has 0 spiro atoms. The molecule has 60 valence electrons. The van der Waals surface area contributed by atoms with Crippen molar-refractivity contribution < 1.29 is 24.4 Å². The van der Waals surface area contributed by atoms with Crippen LogP contribution in [-0.2, 0) is 4.74 Å². The van der Waals surface area contributed by atoms with Crippen molar-refractivity contribution in [1.82, 2.24) is 0 Å². The lowest BCUT2D eigenvalue weighted by atomic mass is 10.1. The fourth-order valence-electron chi connectivity index (χ4n) is 0.770. The number of hydrogen-bond donors (Lipinski definition) is 3. The van der Waals surface area contributed by atoms with Crippen LogP contribution >= 0.6 is 0 Å². The minimum Gasteiger partial charge on any atom is -0.387 e. The van der Waals surface area contributed by atoms with Crippen LogP contribution in [0.3, 0.4) is 0 Å². The van der Waals surface area contributed by atoms with E-state index in [4.69, 9.17) is 15.3 Å². The van der Waals surface area contributed by atoms with Crippen molar-refractivity contribution in [2.24, 2.45) is 0 Å². The molecule has 1 aliphatic rings. The maximum Gasteiger partial charge on any atom is 0.183 e. The summed E-state index contributed by atoms with van der Waals surface area (Å²) in [6.07, 6.45) is -6.16. The molecule has 3 N–H and O–H groups in total. The van der Waals surface area contributed by atoms with Gasteiger partial charge in [0.05, 0.1) is 6.61 Å². The standard InChI is InChI=1S/C5H9FO4/c6-2-1-10-5(9)4(8)3(2)7/h2-5,7-9H,1H2/t2-,3-,4-,5+/m0/s1. The summed E-state index contributed by atoms with van der Waals surface area (Å²) in [4.78, 5) is 0. The number of rotatable bonds is 0. The minimum atomic E-state index is -1.61. The second-order valence-electron chi connectivity index (χ2n) is 2.22. The van der Waals surface area contributed by atoms with Gasteiger partial charge in [0.2, 0.25) is 0 Å². The molecule has 0 aromatic carbocycles. The predicted molar refractivity (Wildman–Crippen MR) is 28.9 cm³/mol. The van der Waals surface area contributed by atoms with Crippen LogP contribution in [0.1, 0.15) is 0 Å². The lowest BCUT2D eigenvalue weighted by molar-refractivity contribution is -0.240. The largest absolute Gasteiger partial charge is 0.387 e. The molecule has 0 unspecified atom stereocenters. The third-order valence-electron chi connectivity index (χ3n) is 1.44. The molecule has 0 radical (unpaired) electrons. The third kappa shape index (κ3) is 1.27. The van der Waals surface area contributed by atoms with Gasteiger partial charge in [-0.25, -0.2) is 4.39 Å². The van der Waals surface area contributed by atoms with E-state index in [9.17, 15) is 4.39 Å². The average molecular weight is 152 g/mol. The summed E-state index contributed by atoms with van der Waals surface area (Å²) in [6.45, 7) is -0.376. The van der Waals surface area contributed by atoms with Gasteiger partial charge in [0, 0.05) is 0 Å². The highest BCUT2D eigenvalue weighted by Gasteiger charge is 2.37. The highest BCUT2D eigenvalue weighted by Crippen LogP contribution is 2.15. The number of aliphatic hydroxyl groups is 3. The zero-order chi connectivity index (χ0) is 7.72. The summed E-state index contributed by atoms with van der Waals surface area (Å²) >= 11 is 0. The van der Waals surface area contributed by atoms with Crippen molar-refractivity contribution in [3.8, 4) is 0 Å². The summed E-state index contributed by atoms with van der Waals surface area (Å²) in [5.74, 6) is 0. The zero-order valence-electron chi connectivity index (χ0n) is 5.14. The van der Waals surface area contributed by atoms with Gasteiger partial charge in [-0.3, -0.25) is 0 Å². The first kappa shape index (κ1) is 7.87. The van der Waals surface area contributed by atoms with E-state index in [1.165, 1.54) is 0 Å². The molecule has 1 saturated heterocycles. The first-order valence-corrected chi connectivity index (χ1v) is 2.93. The summed E-state index contributed by atoms with van der Waals surface area (Å²) in [7, 11) is 0. The van der Waals surface area contributed by atoms with Crippen molar-refractivity contribution in [3.05, 3.63) is 0 Å². The Hall–Kier alpha value is -0.230. The van der Waals surface area contributed by atoms with Gasteiger partial charge in [-0.15, -0.1) is 0 Å². The van der Waals surface area contributed by atoms with Gasteiger partial charge in [-0.05, 0) is 0 Å². The Morgan fingerprint density at radius 2 is 1.80 bits per heavy atom. The number of aliphatic hydroxyl groups excluding tert-OH is 3. The van der Waals surface area contributed by atoms with E-state index in [0.29, 0.717) is 0 Å². The van der Waals surface area contributed by atoms with E-state index in [1.807, 2.05) is 0 Å². The van der Waals surface area contributed by atoms with Gasteiger partial charge in [0.15, 0.2) is 12.5 Å². The van der Waals surface area contributed by atoms with Crippen LogP contribution in [0.2, 0.25) is 0 Å². The fraction of sp³-hybridized carbons (Fsp3) is 1.00. The van der Waals surface area contributed by atoms with Crippen LogP contribution in [0.15, 0.2) is 0 Å². The van der Waals surface area contributed by atoms with E-state index < -0.39 is 24.7 Å². The maximum absolute atomic E-state index is 12.4. The zero-order valence-corrected chi connectivity index (χ0v) is 5.14. The number of ether oxygens (including phenoxy) is 1. The summed E-state index contributed by atoms with van der Waals surface area (Å²) < 4.78 is 16.7. The smallest absolute Gasteiger partial charge is 0.183 e. The molecule has 0 bridgehead atoms. The number of alkyl halides is 1. The van der Waals surface area contributed by atoms with Crippen LogP contribution in [0, 0.1) is 0 Å². The Bertz CT molecular complexity index is 106. The second kappa shape index (κ2) is 2.79. The van der Waals surface area contributed by atoms with Crippen molar-refractivity contribution >= 4 is 0 Å². The third-order valence-corrected chi connectivity index (χ3v) is 1.44. The monoisotopic (exact) mass is 152 g/mol. The maximum atomic E-state index is 12.4. The Kier molecular flexibility index (Phi) is 2.20. The molecule has 0 saturated carbocycles. The molecule has 0 aliphatic carbocycles. The first-order chi connectivity index (χ1) is 4.63. The van der Waals surface area contributed by atoms with Crippen LogP contribution < -0.4 is 0 Å². The lowest BCUT2D eigenvalue weighted by Crippen LogP contribution is -2.51. The molecule has 0 aromatic rings. The van der Waals surface area contributed by atoms with E-state index in [2.05, 4.69) is 4.74 Å². The second-order valence-corrected chi connectivity index (χ2v) is 2.22. The highest BCUT2D eigenvalue weighted by atomic mass is 19.1. The molecule has 1 heterocycles. The topological polar surface area (TPSA) is 69.9 Å². The fourth-order valence-corrected chi connectivity index (χ4v) is 0.770. The Balaban J connectivity index is 2.52. The molecule has 4 nitrogen and oxygen atoms in total. The van der Waals surface area contributed by atoms with Gasteiger partial charge in [-0.1, -0.05) is 0 Å². The number of halogens is 1. The quantitative estimate of drug-likeness (QED) is 0.391. The Morgan fingerprint density at radius 1 is 1.20 bits per heavy atom. The average Bonchev–Trinajstić information content (AvgIpc) is 1.93. The van der Waals surface area contributed by atoms with Crippen LogP contribution in [0.5, 0.6) is 0 Å². The molecule has 4 atom stereocenters. The molecule has 10 heavy (non-hydrogen) atoms. The van der Waals surface area contributed by atoms with E-state index >= 15 is 0 Å². The molecule has 1 rings (SSSR count). The molecular weight excluding hydrogens is 143 g/mol. The van der Waals surface area contributed by atoms with Gasteiger partial charge in [-0.2, -0.15) is 0 Å². The highest BCUT2D eigenvalue weighted by molar-refractivity contribution is 4.81. The Morgan fingerprint density at radius 3 is 2.30 bits per heavy atom. The SMILES string of the molecule is O[C@@H]1[C@H](O)[C@H](O)OC[C@@H]1F. The predicted octanol–water partition coefficient (Wildman–Crippen LogP) is -1.61. The van der Waals surface area contributed by atoms with E-state index in [1.54, 1.807) is 0 Å². The van der Waals surface area contributed by atoms with Crippen molar-refractivity contribution in [2.45, 2.75) is 24.7 Å². The molecule has 5 heteroatoms. The van der Waals surface area contributed by atoms with Gasteiger partial charge >= 0.3 is 0 Å². The van der Waals surface area contributed by atoms with Gasteiger partial charge < -0.3 is 20.1 Å². The van der Waals surface area contributed by atoms with Gasteiger partial charge in [0.25, 0.3) is 0 Å².